The molecule has 0 saturated carbocycles. The molecule has 0 spiro atoms. The number of hydrogen-bond donors (Lipinski definition) is 0. The van der Waals surface area contributed by atoms with Gasteiger partial charge in [-0.15, -0.1) is 33.7 Å². The Morgan fingerprint density at radius 1 is 0.703 bits per heavy atom. The second-order valence-corrected chi connectivity index (χ2v) is 10.4. The summed E-state index contributed by atoms with van der Waals surface area (Å²) in [4.78, 5) is 0. The number of benzene rings is 4. The van der Waals surface area contributed by atoms with Crippen LogP contribution < -0.4 is 24.8 Å². The van der Waals surface area contributed by atoms with Crippen LogP contribution in [0.3, 0.4) is 0 Å². The fourth-order valence-corrected chi connectivity index (χ4v) is 5.92. The van der Waals surface area contributed by atoms with Gasteiger partial charge < -0.3 is 24.8 Å². The third kappa shape index (κ3) is 5.86. The van der Waals surface area contributed by atoms with Crippen LogP contribution in [-0.2, 0) is 24.2 Å². The van der Waals surface area contributed by atoms with Gasteiger partial charge >= 0.3 is 99.2 Å². The van der Waals surface area contributed by atoms with Crippen LogP contribution in [0.1, 0.15) is 39.8 Å². The Kier molecular flexibility index (Phi) is 10.1. The number of fused-ring (bicyclic) bond motifs is 3. The molecule has 3 heteroatoms. The fourth-order valence-electron chi connectivity index (χ4n) is 5.11. The zero-order chi connectivity index (χ0) is 24.4. The van der Waals surface area contributed by atoms with E-state index < -0.39 is 0 Å². The van der Waals surface area contributed by atoms with E-state index in [4.69, 9.17) is 0 Å². The minimum atomic E-state index is 0. The van der Waals surface area contributed by atoms with Gasteiger partial charge in [0.2, 0.25) is 0 Å². The molecule has 0 aliphatic heterocycles. The molecule has 0 nitrogen and oxygen atoms in total. The zero-order valence-corrected chi connectivity index (χ0v) is 25.3. The molecule has 1 aliphatic rings. The molecule has 0 fully saturated rings. The molecular weight excluding hydrogens is 571 g/mol. The Hall–Kier alpha value is -2.44. The Balaban J connectivity index is 0.000000210. The van der Waals surface area contributed by atoms with E-state index >= 15 is 0 Å². The molecule has 0 bridgehead atoms. The molecule has 1 aliphatic carbocycles. The summed E-state index contributed by atoms with van der Waals surface area (Å²) >= 11 is 1.46. The van der Waals surface area contributed by atoms with Gasteiger partial charge in [-0.05, 0) is 27.2 Å². The fraction of sp³-hybridized carbons (Fsp3) is 0.118. The van der Waals surface area contributed by atoms with Gasteiger partial charge in [-0.2, -0.15) is 0 Å². The molecule has 0 unspecified atom stereocenters. The van der Waals surface area contributed by atoms with Crippen molar-refractivity contribution in [2.24, 2.45) is 0 Å². The van der Waals surface area contributed by atoms with Crippen molar-refractivity contribution in [1.29, 1.82) is 0 Å². The SMILES string of the molecule is Cc1c(C)c(C)c2c([cH-]c3ccccc32)c1C1=CC=CC1.[Cl-].[Cl-].[Zr+2]=[C](c1ccccc1)c1ccccc1. The van der Waals surface area contributed by atoms with E-state index in [1.807, 2.05) is 0 Å². The molecule has 5 aromatic carbocycles. The molecule has 0 saturated heterocycles. The van der Waals surface area contributed by atoms with Crippen LogP contribution in [0.4, 0.5) is 0 Å². The number of allylic oxidation sites excluding steroid dienone is 4. The summed E-state index contributed by atoms with van der Waals surface area (Å²) in [6, 6.07) is 32.2. The van der Waals surface area contributed by atoms with Crippen molar-refractivity contribution < 1.29 is 49.0 Å². The van der Waals surface area contributed by atoms with E-state index in [1.165, 1.54) is 87.9 Å². The molecule has 5 aromatic rings. The van der Waals surface area contributed by atoms with Crippen LogP contribution in [0.5, 0.6) is 0 Å². The van der Waals surface area contributed by atoms with Crippen molar-refractivity contribution >= 4 is 30.3 Å². The first-order valence-corrected chi connectivity index (χ1v) is 13.4. The molecule has 0 N–H and O–H groups in total. The molecule has 0 aromatic heterocycles. The second kappa shape index (κ2) is 12.9. The molecule has 0 radical (unpaired) electrons. The average Bonchev–Trinajstić information content (AvgIpc) is 3.57. The molecule has 6 rings (SSSR count). The summed E-state index contributed by atoms with van der Waals surface area (Å²) in [7, 11) is 0. The maximum atomic E-state index is 2.37. The maximum absolute atomic E-state index is 2.37. The first-order valence-electron chi connectivity index (χ1n) is 12.2. The van der Waals surface area contributed by atoms with Crippen molar-refractivity contribution in [2.75, 3.05) is 0 Å². The first-order chi connectivity index (χ1) is 17.1. The van der Waals surface area contributed by atoms with Crippen LogP contribution in [0.2, 0.25) is 0 Å². The molecule has 0 heterocycles. The summed E-state index contributed by atoms with van der Waals surface area (Å²) in [6.07, 6.45) is 7.76. The van der Waals surface area contributed by atoms with E-state index in [-0.39, 0.29) is 24.8 Å². The predicted octanol–water partition coefficient (Wildman–Crippen LogP) is 2.79. The van der Waals surface area contributed by atoms with E-state index in [0.717, 1.165) is 6.42 Å². The van der Waals surface area contributed by atoms with Gasteiger partial charge in [-0.1, -0.05) is 64.3 Å². The Labute approximate surface area is 247 Å². The van der Waals surface area contributed by atoms with Crippen LogP contribution in [-0.4, -0.2) is 3.21 Å². The molecule has 37 heavy (non-hydrogen) atoms. The summed E-state index contributed by atoms with van der Waals surface area (Å²) in [6.45, 7) is 6.80. The molecule has 184 valence electrons. The van der Waals surface area contributed by atoms with Crippen molar-refractivity contribution in [2.45, 2.75) is 27.2 Å². The van der Waals surface area contributed by atoms with E-state index in [2.05, 4.69) is 130 Å². The summed E-state index contributed by atoms with van der Waals surface area (Å²) in [5.41, 5.74) is 9.87. The van der Waals surface area contributed by atoms with Crippen molar-refractivity contribution in [3.05, 3.63) is 143 Å². The van der Waals surface area contributed by atoms with Crippen molar-refractivity contribution in [3.63, 3.8) is 0 Å². The van der Waals surface area contributed by atoms with Gasteiger partial charge in [0.25, 0.3) is 0 Å². The normalized spacial score (nSPS) is 11.9. The van der Waals surface area contributed by atoms with E-state index in [1.54, 1.807) is 0 Å². The van der Waals surface area contributed by atoms with Gasteiger partial charge in [0.1, 0.15) is 0 Å². The van der Waals surface area contributed by atoms with E-state index in [9.17, 15) is 0 Å². The van der Waals surface area contributed by atoms with Gasteiger partial charge in [-0.25, -0.2) is 0 Å². The van der Waals surface area contributed by atoms with Crippen molar-refractivity contribution in [3.8, 4) is 0 Å². The van der Waals surface area contributed by atoms with Gasteiger partial charge in [0.15, 0.2) is 0 Å². The standard InChI is InChI=1S/C21H19.C13H10.2ClH.Zr/c1-13-14(2)20(16-8-4-5-9-16)19-12-17-10-6-7-11-18(17)21(19)15(13)3;1-3-7-12(8-4-1)11-13-9-5-2-6-10-13;;;/h4-8,10-12H,9H2,1-3H3;1-10H;2*1H;/q-1;;;;+2/p-2. The Morgan fingerprint density at radius 3 is 1.84 bits per heavy atom. The third-order valence-electron chi connectivity index (χ3n) is 7.16. The summed E-state index contributed by atoms with van der Waals surface area (Å²) in [5, 5.41) is 5.61. The zero-order valence-electron chi connectivity index (χ0n) is 21.4. The third-order valence-corrected chi connectivity index (χ3v) is 8.58. The van der Waals surface area contributed by atoms with Gasteiger partial charge in [0.05, 0.1) is 0 Å². The van der Waals surface area contributed by atoms with Gasteiger partial charge in [0, 0.05) is 0 Å². The number of halogens is 2. The Morgan fingerprint density at radius 2 is 1.27 bits per heavy atom. The summed E-state index contributed by atoms with van der Waals surface area (Å²) < 4.78 is 1.42. The topological polar surface area (TPSA) is 0 Å². The minimum absolute atomic E-state index is 0. The van der Waals surface area contributed by atoms with Crippen molar-refractivity contribution in [1.82, 2.24) is 0 Å². The quantitative estimate of drug-likeness (QED) is 0.280. The van der Waals surface area contributed by atoms with Crippen LogP contribution in [0.15, 0.2) is 109 Å². The molecule has 0 atom stereocenters. The second-order valence-electron chi connectivity index (χ2n) is 9.20. The number of rotatable bonds is 3. The number of aryl methyl sites for hydroxylation is 1. The predicted molar refractivity (Wildman–Crippen MR) is 149 cm³/mol. The molecular formula is C34H29Cl2Zr-. The van der Waals surface area contributed by atoms with Crippen LogP contribution in [0, 0.1) is 20.8 Å². The summed E-state index contributed by atoms with van der Waals surface area (Å²) in [5.74, 6) is 0. The number of hydrogen-bond acceptors (Lipinski definition) is 0. The molecule has 0 amide bonds. The van der Waals surface area contributed by atoms with Crippen LogP contribution in [0.25, 0.3) is 27.1 Å². The Bertz CT molecular complexity index is 1550. The van der Waals surface area contributed by atoms with Gasteiger partial charge in [-0.3, -0.25) is 0 Å². The first kappa shape index (κ1) is 29.1. The average molecular weight is 600 g/mol. The monoisotopic (exact) mass is 597 g/mol. The van der Waals surface area contributed by atoms with Crippen LogP contribution >= 0.6 is 0 Å². The van der Waals surface area contributed by atoms with E-state index in [0.29, 0.717) is 0 Å².